The molecule has 0 radical (unpaired) electrons. The lowest BCUT2D eigenvalue weighted by atomic mass is 10.2. The molecule has 3 heterocycles. The molecule has 1 amide bonds. The highest BCUT2D eigenvalue weighted by molar-refractivity contribution is 5.91. The molecular formula is C19H20N6O2. The maximum atomic E-state index is 12.6. The number of hydrogen-bond acceptors (Lipinski definition) is 6. The molecule has 138 valence electrons. The second-order valence-corrected chi connectivity index (χ2v) is 6.97. The summed E-state index contributed by atoms with van der Waals surface area (Å²) in [5.74, 6) is 0.793. The van der Waals surface area contributed by atoms with Gasteiger partial charge in [-0.25, -0.2) is 14.6 Å². The number of ether oxygens (including phenoxy) is 1. The first kappa shape index (κ1) is 17.1. The van der Waals surface area contributed by atoms with Crippen molar-refractivity contribution in [2.75, 3.05) is 7.11 Å². The van der Waals surface area contributed by atoms with E-state index in [2.05, 4.69) is 25.4 Å². The zero-order valence-electron chi connectivity index (χ0n) is 15.4. The number of carbonyl (C=O) groups is 1. The summed E-state index contributed by atoms with van der Waals surface area (Å²) in [6, 6.07) is 7.34. The Hall–Kier alpha value is -3.29. The van der Waals surface area contributed by atoms with Crippen LogP contribution in [0.2, 0.25) is 0 Å². The van der Waals surface area contributed by atoms with Crippen LogP contribution in [-0.4, -0.2) is 43.3 Å². The lowest BCUT2D eigenvalue weighted by Gasteiger charge is -2.08. The van der Waals surface area contributed by atoms with Crippen LogP contribution in [0.5, 0.6) is 5.88 Å². The van der Waals surface area contributed by atoms with E-state index in [1.807, 2.05) is 32.0 Å². The maximum absolute atomic E-state index is 12.6. The van der Waals surface area contributed by atoms with Gasteiger partial charge in [-0.15, -0.1) is 5.10 Å². The van der Waals surface area contributed by atoms with Crippen LogP contribution in [0.25, 0.3) is 17.2 Å². The average molecular weight is 364 g/mol. The van der Waals surface area contributed by atoms with Gasteiger partial charge in [0.05, 0.1) is 19.0 Å². The monoisotopic (exact) mass is 364 g/mol. The molecule has 1 saturated carbocycles. The van der Waals surface area contributed by atoms with Crippen LogP contribution in [0, 0.1) is 6.92 Å². The Kier molecular flexibility index (Phi) is 4.10. The molecule has 0 spiro atoms. The molecule has 3 aromatic rings. The van der Waals surface area contributed by atoms with E-state index in [1.165, 1.54) is 0 Å². The number of methoxy groups -OCH3 is 1. The summed E-state index contributed by atoms with van der Waals surface area (Å²) in [6.45, 7) is 3.97. The minimum Gasteiger partial charge on any atom is -0.481 e. The van der Waals surface area contributed by atoms with Gasteiger partial charge >= 0.3 is 0 Å². The van der Waals surface area contributed by atoms with E-state index in [-0.39, 0.29) is 17.3 Å². The zero-order valence-corrected chi connectivity index (χ0v) is 15.4. The minimum absolute atomic E-state index is 0.108. The standard InChI is InChI=1S/C19H20N6O2/c1-12-4-6-14(20-10-12)17-22-16(18(26)23-19(2)8-9-19)24-25(17)13-5-7-15(27-3)21-11-13/h4-7,10-11H,8-9H2,1-3H3,(H,23,26). The van der Waals surface area contributed by atoms with Crippen LogP contribution in [0.3, 0.4) is 0 Å². The van der Waals surface area contributed by atoms with Gasteiger partial charge in [-0.3, -0.25) is 9.78 Å². The van der Waals surface area contributed by atoms with E-state index in [4.69, 9.17) is 4.74 Å². The molecule has 8 nitrogen and oxygen atoms in total. The van der Waals surface area contributed by atoms with Crippen LogP contribution >= 0.6 is 0 Å². The van der Waals surface area contributed by atoms with E-state index >= 15 is 0 Å². The smallest absolute Gasteiger partial charge is 0.291 e. The number of pyridine rings is 2. The molecule has 4 rings (SSSR count). The Bertz CT molecular complexity index is 974. The van der Waals surface area contributed by atoms with E-state index in [0.717, 1.165) is 18.4 Å². The summed E-state index contributed by atoms with van der Waals surface area (Å²) in [4.78, 5) is 25.7. The number of nitrogens with one attached hydrogen (secondary N) is 1. The van der Waals surface area contributed by atoms with E-state index in [0.29, 0.717) is 23.1 Å². The van der Waals surface area contributed by atoms with Gasteiger partial charge in [0, 0.05) is 17.8 Å². The molecule has 27 heavy (non-hydrogen) atoms. The zero-order chi connectivity index (χ0) is 19.0. The summed E-state index contributed by atoms with van der Waals surface area (Å²) in [7, 11) is 1.56. The number of carbonyl (C=O) groups excluding carboxylic acids is 1. The van der Waals surface area contributed by atoms with Crippen molar-refractivity contribution in [3.63, 3.8) is 0 Å². The summed E-state index contributed by atoms with van der Waals surface area (Å²) >= 11 is 0. The van der Waals surface area contributed by atoms with Crippen molar-refractivity contribution >= 4 is 5.91 Å². The second kappa shape index (κ2) is 6.46. The Morgan fingerprint density at radius 1 is 1.19 bits per heavy atom. The van der Waals surface area contributed by atoms with E-state index < -0.39 is 0 Å². The Morgan fingerprint density at radius 2 is 2.00 bits per heavy atom. The van der Waals surface area contributed by atoms with Crippen molar-refractivity contribution in [2.24, 2.45) is 0 Å². The third-order valence-electron chi connectivity index (χ3n) is 4.54. The molecule has 8 heteroatoms. The van der Waals surface area contributed by atoms with Crippen LogP contribution in [0.15, 0.2) is 36.7 Å². The van der Waals surface area contributed by atoms with E-state index in [1.54, 1.807) is 30.3 Å². The fraction of sp³-hybridized carbons (Fsp3) is 0.316. The highest BCUT2D eigenvalue weighted by Crippen LogP contribution is 2.34. The van der Waals surface area contributed by atoms with E-state index in [9.17, 15) is 4.79 Å². The van der Waals surface area contributed by atoms with Crippen LogP contribution in [0.1, 0.15) is 35.9 Å². The normalized spacial score (nSPS) is 14.6. The molecule has 1 N–H and O–H groups in total. The third kappa shape index (κ3) is 3.51. The number of aromatic nitrogens is 5. The number of aryl methyl sites for hydroxylation is 1. The summed E-state index contributed by atoms with van der Waals surface area (Å²) in [6.07, 6.45) is 5.31. The Labute approximate surface area is 156 Å². The minimum atomic E-state index is -0.288. The average Bonchev–Trinajstić information content (AvgIpc) is 3.23. The first-order valence-electron chi connectivity index (χ1n) is 8.70. The summed E-state index contributed by atoms with van der Waals surface area (Å²) < 4.78 is 6.68. The highest BCUT2D eigenvalue weighted by atomic mass is 16.5. The molecule has 0 aliphatic heterocycles. The highest BCUT2D eigenvalue weighted by Gasteiger charge is 2.39. The third-order valence-corrected chi connectivity index (χ3v) is 4.54. The van der Waals surface area contributed by atoms with Gasteiger partial charge in [-0.2, -0.15) is 0 Å². The summed E-state index contributed by atoms with van der Waals surface area (Å²) in [5.41, 5.74) is 2.18. The number of hydrogen-bond donors (Lipinski definition) is 1. The number of rotatable bonds is 5. The largest absolute Gasteiger partial charge is 0.481 e. The molecule has 0 aromatic carbocycles. The molecular weight excluding hydrogens is 344 g/mol. The maximum Gasteiger partial charge on any atom is 0.291 e. The van der Waals surface area contributed by atoms with Crippen molar-refractivity contribution in [1.82, 2.24) is 30.0 Å². The topological polar surface area (TPSA) is 94.8 Å². The van der Waals surface area contributed by atoms with Crippen molar-refractivity contribution < 1.29 is 9.53 Å². The van der Waals surface area contributed by atoms with Crippen LogP contribution in [-0.2, 0) is 0 Å². The molecule has 1 aliphatic rings. The molecule has 0 atom stereocenters. The molecule has 0 unspecified atom stereocenters. The number of amides is 1. The predicted octanol–water partition coefficient (Wildman–Crippen LogP) is 2.32. The molecule has 3 aromatic heterocycles. The van der Waals surface area contributed by atoms with Gasteiger partial charge in [0.2, 0.25) is 11.7 Å². The van der Waals surface area contributed by atoms with Crippen molar-refractivity contribution in [2.45, 2.75) is 32.2 Å². The number of nitrogens with zero attached hydrogens (tertiary/aromatic N) is 5. The SMILES string of the molecule is COc1ccc(-n2nc(C(=O)NC3(C)CC3)nc2-c2ccc(C)cn2)cn1. The van der Waals surface area contributed by atoms with Gasteiger partial charge in [-0.1, -0.05) is 6.07 Å². The molecule has 0 saturated heterocycles. The first-order valence-corrected chi connectivity index (χ1v) is 8.70. The van der Waals surface area contributed by atoms with Gasteiger partial charge in [0.1, 0.15) is 5.69 Å². The quantitative estimate of drug-likeness (QED) is 0.747. The lowest BCUT2D eigenvalue weighted by Crippen LogP contribution is -2.34. The molecule has 1 aliphatic carbocycles. The predicted molar refractivity (Wildman–Crippen MR) is 98.8 cm³/mol. The van der Waals surface area contributed by atoms with Gasteiger partial charge in [0.15, 0.2) is 5.82 Å². The van der Waals surface area contributed by atoms with Crippen LogP contribution in [0.4, 0.5) is 0 Å². The molecule has 1 fully saturated rings. The molecule has 0 bridgehead atoms. The second-order valence-electron chi connectivity index (χ2n) is 6.97. The van der Waals surface area contributed by atoms with Crippen molar-refractivity contribution in [3.8, 4) is 23.1 Å². The van der Waals surface area contributed by atoms with Gasteiger partial charge < -0.3 is 10.1 Å². The van der Waals surface area contributed by atoms with Gasteiger partial charge in [-0.05, 0) is 44.4 Å². The first-order chi connectivity index (χ1) is 13.0. The fourth-order valence-corrected chi connectivity index (χ4v) is 2.62. The fourth-order valence-electron chi connectivity index (χ4n) is 2.62. The Balaban J connectivity index is 1.76. The lowest BCUT2D eigenvalue weighted by molar-refractivity contribution is 0.0925. The summed E-state index contributed by atoms with van der Waals surface area (Å²) in [5, 5.41) is 7.40. The van der Waals surface area contributed by atoms with Crippen LogP contribution < -0.4 is 10.1 Å². The Morgan fingerprint density at radius 3 is 2.59 bits per heavy atom. The van der Waals surface area contributed by atoms with Gasteiger partial charge in [0.25, 0.3) is 5.91 Å². The van der Waals surface area contributed by atoms with Crippen molar-refractivity contribution in [1.29, 1.82) is 0 Å². The van der Waals surface area contributed by atoms with Crippen molar-refractivity contribution in [3.05, 3.63) is 48.0 Å².